The van der Waals surface area contributed by atoms with Gasteiger partial charge >= 0.3 is 0 Å². The van der Waals surface area contributed by atoms with Crippen LogP contribution < -0.4 is 4.74 Å². The van der Waals surface area contributed by atoms with Crippen molar-refractivity contribution in [2.45, 2.75) is 25.9 Å². The van der Waals surface area contributed by atoms with Gasteiger partial charge in [0, 0.05) is 5.92 Å². The molecule has 1 aliphatic rings. The Balaban J connectivity index is 1.74. The zero-order valence-corrected chi connectivity index (χ0v) is 11.4. The molecule has 2 aromatic carbocycles. The Morgan fingerprint density at radius 1 is 1.00 bits per heavy atom. The second-order valence-electron chi connectivity index (χ2n) is 5.26. The first-order chi connectivity index (χ1) is 9.84. The van der Waals surface area contributed by atoms with Crippen LogP contribution in [0, 0.1) is 5.92 Å². The summed E-state index contributed by atoms with van der Waals surface area (Å²) in [5.41, 5.74) is 1.84. The van der Waals surface area contributed by atoms with Crippen LogP contribution >= 0.6 is 0 Å². The van der Waals surface area contributed by atoms with E-state index in [1.165, 1.54) is 6.42 Å². The van der Waals surface area contributed by atoms with Crippen molar-refractivity contribution < 1.29 is 9.53 Å². The molecule has 0 aromatic heterocycles. The number of benzene rings is 2. The highest BCUT2D eigenvalue weighted by atomic mass is 16.5. The first-order valence-corrected chi connectivity index (χ1v) is 7.14. The number of ketones is 1. The lowest BCUT2D eigenvalue weighted by Gasteiger charge is -2.24. The summed E-state index contributed by atoms with van der Waals surface area (Å²) in [5.74, 6) is 1.14. The van der Waals surface area contributed by atoms with Gasteiger partial charge in [0.25, 0.3) is 0 Å². The molecule has 2 nitrogen and oxygen atoms in total. The molecule has 0 amide bonds. The van der Waals surface area contributed by atoms with E-state index in [1.54, 1.807) is 0 Å². The van der Waals surface area contributed by atoms with Crippen LogP contribution in [0.4, 0.5) is 0 Å². The van der Waals surface area contributed by atoms with Crippen molar-refractivity contribution in [3.63, 3.8) is 0 Å². The minimum Gasteiger partial charge on any atom is -0.488 e. The van der Waals surface area contributed by atoms with Gasteiger partial charge < -0.3 is 4.74 Å². The highest BCUT2D eigenvalue weighted by molar-refractivity contribution is 6.00. The van der Waals surface area contributed by atoms with Crippen LogP contribution in [-0.4, -0.2) is 5.78 Å². The van der Waals surface area contributed by atoms with Crippen LogP contribution in [-0.2, 0) is 6.61 Å². The van der Waals surface area contributed by atoms with Crippen molar-refractivity contribution >= 4 is 5.78 Å². The van der Waals surface area contributed by atoms with Crippen molar-refractivity contribution in [3.8, 4) is 5.75 Å². The van der Waals surface area contributed by atoms with E-state index in [2.05, 4.69) is 0 Å². The molecule has 0 radical (unpaired) electrons. The summed E-state index contributed by atoms with van der Waals surface area (Å²) in [6, 6.07) is 17.6. The normalized spacial score (nSPS) is 14.6. The number of carbonyl (C=O) groups excluding carboxylic acids is 1. The van der Waals surface area contributed by atoms with Crippen molar-refractivity contribution in [1.82, 2.24) is 0 Å². The van der Waals surface area contributed by atoms with E-state index in [4.69, 9.17) is 4.74 Å². The molecule has 0 aliphatic heterocycles. The molecular formula is C18H18O2. The molecule has 1 fully saturated rings. The zero-order chi connectivity index (χ0) is 13.8. The summed E-state index contributed by atoms with van der Waals surface area (Å²) in [5, 5.41) is 0. The topological polar surface area (TPSA) is 26.3 Å². The average molecular weight is 266 g/mol. The third kappa shape index (κ3) is 2.74. The van der Waals surface area contributed by atoms with E-state index in [0.29, 0.717) is 12.4 Å². The van der Waals surface area contributed by atoms with Crippen LogP contribution in [0.5, 0.6) is 5.75 Å². The van der Waals surface area contributed by atoms with E-state index in [9.17, 15) is 4.79 Å². The second-order valence-corrected chi connectivity index (χ2v) is 5.26. The van der Waals surface area contributed by atoms with Gasteiger partial charge in [0.2, 0.25) is 0 Å². The molecule has 20 heavy (non-hydrogen) atoms. The number of hydrogen-bond acceptors (Lipinski definition) is 2. The minimum atomic E-state index is 0.205. The summed E-state index contributed by atoms with van der Waals surface area (Å²) in [6.07, 6.45) is 3.21. The van der Waals surface area contributed by atoms with Crippen LogP contribution in [0.3, 0.4) is 0 Å². The molecule has 0 spiro atoms. The second kappa shape index (κ2) is 5.91. The van der Waals surface area contributed by atoms with Crippen molar-refractivity contribution in [2.75, 3.05) is 0 Å². The van der Waals surface area contributed by atoms with Crippen LogP contribution in [0.2, 0.25) is 0 Å². The van der Waals surface area contributed by atoms with Gasteiger partial charge in [-0.2, -0.15) is 0 Å². The van der Waals surface area contributed by atoms with Gasteiger partial charge in [-0.3, -0.25) is 4.79 Å². The van der Waals surface area contributed by atoms with E-state index in [-0.39, 0.29) is 11.7 Å². The Kier molecular flexibility index (Phi) is 3.82. The van der Waals surface area contributed by atoms with Gasteiger partial charge in [0.1, 0.15) is 12.4 Å². The molecule has 0 bridgehead atoms. The Hall–Kier alpha value is -2.09. The predicted molar refractivity (Wildman–Crippen MR) is 78.9 cm³/mol. The first kappa shape index (κ1) is 12.9. The van der Waals surface area contributed by atoms with E-state index in [1.807, 2.05) is 54.6 Å². The van der Waals surface area contributed by atoms with Gasteiger partial charge in [0.05, 0.1) is 5.56 Å². The molecule has 3 rings (SSSR count). The summed E-state index contributed by atoms with van der Waals surface area (Å²) in [7, 11) is 0. The fourth-order valence-corrected chi connectivity index (χ4v) is 2.42. The predicted octanol–water partition coefficient (Wildman–Crippen LogP) is 4.25. The maximum Gasteiger partial charge on any atom is 0.169 e. The fraction of sp³-hybridized carbons (Fsp3) is 0.278. The van der Waals surface area contributed by atoms with E-state index in [0.717, 1.165) is 24.0 Å². The summed E-state index contributed by atoms with van der Waals surface area (Å²) in [4.78, 5) is 12.4. The molecule has 0 atom stereocenters. The van der Waals surface area contributed by atoms with Crippen molar-refractivity contribution in [2.24, 2.45) is 5.92 Å². The summed E-state index contributed by atoms with van der Waals surface area (Å²) < 4.78 is 5.84. The van der Waals surface area contributed by atoms with Crippen molar-refractivity contribution in [1.29, 1.82) is 0 Å². The highest BCUT2D eigenvalue weighted by Crippen LogP contribution is 2.32. The molecular weight excluding hydrogens is 248 g/mol. The lowest BCUT2D eigenvalue weighted by molar-refractivity contribution is 0.0850. The van der Waals surface area contributed by atoms with Gasteiger partial charge in [-0.15, -0.1) is 0 Å². The lowest BCUT2D eigenvalue weighted by atomic mass is 9.80. The van der Waals surface area contributed by atoms with Crippen LogP contribution in [0.15, 0.2) is 54.6 Å². The van der Waals surface area contributed by atoms with Gasteiger partial charge in [0.15, 0.2) is 5.78 Å². The smallest absolute Gasteiger partial charge is 0.169 e. The third-order valence-corrected chi connectivity index (χ3v) is 3.87. The molecule has 2 heteroatoms. The number of para-hydroxylation sites is 1. The zero-order valence-electron chi connectivity index (χ0n) is 11.4. The van der Waals surface area contributed by atoms with Gasteiger partial charge in [-0.25, -0.2) is 0 Å². The number of carbonyl (C=O) groups is 1. The SMILES string of the molecule is O=C(c1ccccc1OCc1ccccc1)C1CCC1. The monoisotopic (exact) mass is 266 g/mol. The molecule has 1 aliphatic carbocycles. The molecule has 1 saturated carbocycles. The molecule has 0 unspecified atom stereocenters. The quantitative estimate of drug-likeness (QED) is 0.756. The molecule has 0 N–H and O–H groups in total. The van der Waals surface area contributed by atoms with E-state index < -0.39 is 0 Å². The molecule has 2 aromatic rings. The maximum atomic E-state index is 12.4. The molecule has 102 valence electrons. The number of hydrogen-bond donors (Lipinski definition) is 0. The number of Topliss-reactive ketones (excluding diaryl/α,β-unsaturated/α-hetero) is 1. The van der Waals surface area contributed by atoms with Crippen LogP contribution in [0.25, 0.3) is 0 Å². The minimum absolute atomic E-state index is 0.205. The van der Waals surface area contributed by atoms with Crippen molar-refractivity contribution in [3.05, 3.63) is 65.7 Å². The number of rotatable bonds is 5. The molecule has 0 heterocycles. The van der Waals surface area contributed by atoms with Gasteiger partial charge in [-0.05, 0) is 30.5 Å². The number of ether oxygens (including phenoxy) is 1. The lowest BCUT2D eigenvalue weighted by Crippen LogP contribution is -2.22. The standard InChI is InChI=1S/C18H18O2/c19-18(15-9-6-10-15)16-11-4-5-12-17(16)20-13-14-7-2-1-3-8-14/h1-5,7-8,11-12,15H,6,9-10,13H2. The first-order valence-electron chi connectivity index (χ1n) is 7.14. The maximum absolute atomic E-state index is 12.4. The average Bonchev–Trinajstić information content (AvgIpc) is 2.45. The Morgan fingerprint density at radius 2 is 1.70 bits per heavy atom. The fourth-order valence-electron chi connectivity index (χ4n) is 2.42. The largest absolute Gasteiger partial charge is 0.488 e. The third-order valence-electron chi connectivity index (χ3n) is 3.87. The molecule has 0 saturated heterocycles. The van der Waals surface area contributed by atoms with Gasteiger partial charge in [-0.1, -0.05) is 48.9 Å². The Bertz CT molecular complexity index is 585. The summed E-state index contributed by atoms with van der Waals surface area (Å²) >= 11 is 0. The highest BCUT2D eigenvalue weighted by Gasteiger charge is 2.27. The van der Waals surface area contributed by atoms with E-state index >= 15 is 0 Å². The Morgan fingerprint density at radius 3 is 2.40 bits per heavy atom. The summed E-state index contributed by atoms with van der Waals surface area (Å²) in [6.45, 7) is 0.496. The Labute approximate surface area is 119 Å². The van der Waals surface area contributed by atoms with Crippen LogP contribution in [0.1, 0.15) is 35.2 Å².